The van der Waals surface area contributed by atoms with Crippen LogP contribution in [-0.4, -0.2) is 8.42 Å². The fraction of sp³-hybridized carbons (Fsp3) is 0.143. The lowest BCUT2D eigenvalue weighted by Gasteiger charge is -2.11. The fourth-order valence-corrected chi connectivity index (χ4v) is 3.18. The van der Waals surface area contributed by atoms with Gasteiger partial charge in [-0.3, -0.25) is 0 Å². The summed E-state index contributed by atoms with van der Waals surface area (Å²) in [5.41, 5.74) is 1.81. The molecule has 0 aromatic heterocycles. The van der Waals surface area contributed by atoms with Gasteiger partial charge in [0.15, 0.2) is 0 Å². The van der Waals surface area contributed by atoms with Crippen LogP contribution in [0.3, 0.4) is 0 Å². The highest BCUT2D eigenvalue weighted by Gasteiger charge is 2.18. The average molecular weight is 341 g/mol. The normalized spacial score (nSPS) is 11.3. The summed E-state index contributed by atoms with van der Waals surface area (Å²) in [6, 6.07) is 11.8. The second kappa shape index (κ2) is 5.35. The van der Waals surface area contributed by atoms with Crippen LogP contribution >= 0.6 is 15.9 Å². The van der Waals surface area contributed by atoms with Crippen molar-refractivity contribution in [3.8, 4) is 5.75 Å². The zero-order valence-corrected chi connectivity index (χ0v) is 13.0. The predicted octanol–water partition coefficient (Wildman–Crippen LogP) is 3.83. The monoisotopic (exact) mass is 340 g/mol. The molecule has 2 aromatic carbocycles. The minimum atomic E-state index is -3.81. The van der Waals surface area contributed by atoms with Gasteiger partial charge in [-0.1, -0.05) is 34.1 Å². The molecule has 0 radical (unpaired) electrons. The Morgan fingerprint density at radius 2 is 1.74 bits per heavy atom. The molecule has 0 spiro atoms. The first kappa shape index (κ1) is 14.1. The molecule has 3 nitrogen and oxygen atoms in total. The Balaban J connectivity index is 2.39. The van der Waals surface area contributed by atoms with E-state index in [1.165, 1.54) is 12.1 Å². The van der Waals surface area contributed by atoms with Crippen LogP contribution in [0.15, 0.2) is 51.8 Å². The zero-order valence-electron chi connectivity index (χ0n) is 10.6. The second-order valence-electron chi connectivity index (χ2n) is 4.19. The standard InChI is InChI=1S/C14H13BrO3S/c1-10-5-3-8-14(11(10)2)18-19(16,17)13-7-4-6-12(15)9-13/h3-9H,1-2H3. The molecule has 0 aliphatic carbocycles. The van der Waals surface area contributed by atoms with Gasteiger partial charge in [0.2, 0.25) is 0 Å². The highest BCUT2D eigenvalue weighted by Crippen LogP contribution is 2.25. The lowest BCUT2D eigenvalue weighted by molar-refractivity contribution is 0.484. The van der Waals surface area contributed by atoms with Gasteiger partial charge in [-0.25, -0.2) is 0 Å². The van der Waals surface area contributed by atoms with Gasteiger partial charge in [-0.15, -0.1) is 0 Å². The van der Waals surface area contributed by atoms with E-state index in [4.69, 9.17) is 4.18 Å². The quantitative estimate of drug-likeness (QED) is 0.797. The van der Waals surface area contributed by atoms with Crippen molar-refractivity contribution >= 4 is 26.0 Å². The largest absolute Gasteiger partial charge is 0.379 e. The first-order valence-electron chi connectivity index (χ1n) is 5.66. The number of hydrogen-bond acceptors (Lipinski definition) is 3. The predicted molar refractivity (Wildman–Crippen MR) is 77.9 cm³/mol. The maximum absolute atomic E-state index is 12.2. The summed E-state index contributed by atoms with van der Waals surface area (Å²) >= 11 is 3.25. The molecule has 0 unspecified atom stereocenters. The third-order valence-electron chi connectivity index (χ3n) is 2.84. The third kappa shape index (κ3) is 3.16. The van der Waals surface area contributed by atoms with Crippen molar-refractivity contribution in [2.45, 2.75) is 18.7 Å². The Morgan fingerprint density at radius 1 is 1.05 bits per heavy atom. The van der Waals surface area contributed by atoms with Gasteiger partial charge < -0.3 is 4.18 Å². The molecule has 0 saturated carbocycles. The topological polar surface area (TPSA) is 43.4 Å². The first-order valence-corrected chi connectivity index (χ1v) is 7.86. The van der Waals surface area contributed by atoms with Crippen molar-refractivity contribution in [3.05, 3.63) is 58.1 Å². The number of aryl methyl sites for hydroxylation is 1. The summed E-state index contributed by atoms with van der Waals surface area (Å²) in [4.78, 5) is 0.128. The van der Waals surface area contributed by atoms with Crippen molar-refractivity contribution in [2.24, 2.45) is 0 Å². The van der Waals surface area contributed by atoms with E-state index in [9.17, 15) is 8.42 Å². The van der Waals surface area contributed by atoms with Gasteiger partial charge in [0.1, 0.15) is 10.6 Å². The Kier molecular flexibility index (Phi) is 3.96. The lowest BCUT2D eigenvalue weighted by Crippen LogP contribution is -2.10. The molecule has 0 aliphatic rings. The second-order valence-corrected chi connectivity index (χ2v) is 6.65. The van der Waals surface area contributed by atoms with Crippen LogP contribution in [0.1, 0.15) is 11.1 Å². The van der Waals surface area contributed by atoms with Crippen molar-refractivity contribution < 1.29 is 12.6 Å². The summed E-state index contributed by atoms with van der Waals surface area (Å²) in [7, 11) is -3.81. The van der Waals surface area contributed by atoms with Crippen LogP contribution in [0.4, 0.5) is 0 Å². The van der Waals surface area contributed by atoms with E-state index in [2.05, 4.69) is 15.9 Å². The zero-order chi connectivity index (χ0) is 14.0. The van der Waals surface area contributed by atoms with Crippen molar-refractivity contribution in [2.75, 3.05) is 0 Å². The van der Waals surface area contributed by atoms with Gasteiger partial charge >= 0.3 is 10.1 Å². The number of halogens is 1. The van der Waals surface area contributed by atoms with E-state index in [0.717, 1.165) is 11.1 Å². The van der Waals surface area contributed by atoms with E-state index in [-0.39, 0.29) is 4.90 Å². The number of hydrogen-bond donors (Lipinski definition) is 0. The molecule has 2 rings (SSSR count). The molecule has 0 fully saturated rings. The van der Waals surface area contributed by atoms with Crippen LogP contribution in [0, 0.1) is 13.8 Å². The molecular weight excluding hydrogens is 328 g/mol. The molecule has 100 valence electrons. The smallest absolute Gasteiger partial charge is 0.339 e. The minimum Gasteiger partial charge on any atom is -0.379 e. The highest BCUT2D eigenvalue weighted by molar-refractivity contribution is 9.10. The first-order chi connectivity index (χ1) is 8.90. The third-order valence-corrected chi connectivity index (χ3v) is 4.56. The van der Waals surface area contributed by atoms with Crippen molar-refractivity contribution in [3.63, 3.8) is 0 Å². The van der Waals surface area contributed by atoms with E-state index < -0.39 is 10.1 Å². The molecule has 2 aromatic rings. The van der Waals surface area contributed by atoms with Gasteiger partial charge in [0, 0.05) is 4.47 Å². The molecule has 0 atom stereocenters. The summed E-state index contributed by atoms with van der Waals surface area (Å²) in [6.45, 7) is 3.75. The van der Waals surface area contributed by atoms with Gasteiger partial charge in [-0.05, 0) is 49.2 Å². The molecular formula is C14H13BrO3S. The van der Waals surface area contributed by atoms with E-state index in [1.54, 1.807) is 24.3 Å². The number of rotatable bonds is 3. The van der Waals surface area contributed by atoms with E-state index in [0.29, 0.717) is 10.2 Å². The average Bonchev–Trinajstić information content (AvgIpc) is 2.35. The summed E-state index contributed by atoms with van der Waals surface area (Å²) in [5.74, 6) is 0.361. The van der Waals surface area contributed by atoms with Crippen LogP contribution in [0.25, 0.3) is 0 Å². The number of benzene rings is 2. The Bertz CT molecular complexity index is 708. The lowest BCUT2D eigenvalue weighted by atomic mass is 10.1. The van der Waals surface area contributed by atoms with Crippen LogP contribution in [0.2, 0.25) is 0 Å². The van der Waals surface area contributed by atoms with Gasteiger partial charge in [0.05, 0.1) is 0 Å². The molecule has 0 amide bonds. The van der Waals surface area contributed by atoms with Gasteiger partial charge in [0.25, 0.3) is 0 Å². The molecule has 0 N–H and O–H groups in total. The molecule has 0 saturated heterocycles. The van der Waals surface area contributed by atoms with Crippen LogP contribution < -0.4 is 4.18 Å². The van der Waals surface area contributed by atoms with Crippen LogP contribution in [-0.2, 0) is 10.1 Å². The Morgan fingerprint density at radius 3 is 2.42 bits per heavy atom. The summed E-state index contributed by atoms with van der Waals surface area (Å²) in [6.07, 6.45) is 0. The molecule has 0 bridgehead atoms. The van der Waals surface area contributed by atoms with Crippen molar-refractivity contribution in [1.29, 1.82) is 0 Å². The van der Waals surface area contributed by atoms with Gasteiger partial charge in [-0.2, -0.15) is 8.42 Å². The molecule has 0 aliphatic heterocycles. The Labute approximate surface area is 121 Å². The minimum absolute atomic E-state index is 0.128. The van der Waals surface area contributed by atoms with Crippen molar-refractivity contribution in [1.82, 2.24) is 0 Å². The molecule has 5 heteroatoms. The van der Waals surface area contributed by atoms with E-state index in [1.807, 2.05) is 19.9 Å². The van der Waals surface area contributed by atoms with E-state index >= 15 is 0 Å². The summed E-state index contributed by atoms with van der Waals surface area (Å²) in [5, 5.41) is 0. The summed E-state index contributed by atoms with van der Waals surface area (Å²) < 4.78 is 30.2. The van der Waals surface area contributed by atoms with Crippen LogP contribution in [0.5, 0.6) is 5.75 Å². The maximum atomic E-state index is 12.2. The highest BCUT2D eigenvalue weighted by atomic mass is 79.9. The maximum Gasteiger partial charge on any atom is 0.339 e. The Hall–Kier alpha value is -1.33. The molecule has 0 heterocycles. The molecule has 19 heavy (non-hydrogen) atoms. The fourth-order valence-electron chi connectivity index (χ4n) is 1.60. The SMILES string of the molecule is Cc1cccc(OS(=O)(=O)c2cccc(Br)c2)c1C.